The molecule has 0 unspecified atom stereocenters. The van der Waals surface area contributed by atoms with E-state index < -0.39 is 0 Å². The van der Waals surface area contributed by atoms with Gasteiger partial charge in [-0.05, 0) is 12.5 Å². The highest BCUT2D eigenvalue weighted by molar-refractivity contribution is 6.32. The average Bonchev–Trinajstić information content (AvgIpc) is 2.31. The minimum absolute atomic E-state index is 0.0835. The molecule has 0 aliphatic rings. The number of aryl methyl sites for hydroxylation is 1. The molecule has 2 aromatic rings. The van der Waals surface area contributed by atoms with Crippen LogP contribution >= 0.6 is 11.6 Å². The van der Waals surface area contributed by atoms with Crippen molar-refractivity contribution in [2.45, 2.75) is 13.5 Å². The molecule has 2 N–H and O–H groups in total. The third kappa shape index (κ3) is 2.85. The molecule has 17 heavy (non-hydrogen) atoms. The lowest BCUT2D eigenvalue weighted by Gasteiger charge is -2.06. The van der Waals surface area contributed by atoms with Crippen LogP contribution in [0.1, 0.15) is 11.1 Å². The number of rotatable bonds is 3. The van der Waals surface area contributed by atoms with Gasteiger partial charge in [-0.25, -0.2) is 4.98 Å². The van der Waals surface area contributed by atoms with E-state index in [1.54, 1.807) is 0 Å². The van der Waals surface area contributed by atoms with Gasteiger partial charge in [-0.3, -0.25) is 4.79 Å². The van der Waals surface area contributed by atoms with Crippen molar-refractivity contribution in [3.05, 3.63) is 57.1 Å². The van der Waals surface area contributed by atoms with Gasteiger partial charge in [-0.1, -0.05) is 41.4 Å². The zero-order valence-corrected chi connectivity index (χ0v) is 10.1. The molecule has 0 radical (unpaired) electrons. The van der Waals surface area contributed by atoms with Crippen molar-refractivity contribution in [3.8, 4) is 0 Å². The van der Waals surface area contributed by atoms with Crippen LogP contribution in [0.3, 0.4) is 0 Å². The molecule has 0 saturated heterocycles. The Kier molecular flexibility index (Phi) is 3.44. The van der Waals surface area contributed by atoms with Crippen LogP contribution in [0.15, 0.2) is 35.4 Å². The summed E-state index contributed by atoms with van der Waals surface area (Å²) >= 11 is 5.82. The Morgan fingerprint density at radius 3 is 3.06 bits per heavy atom. The highest BCUT2D eigenvalue weighted by Gasteiger charge is 2.04. The van der Waals surface area contributed by atoms with Gasteiger partial charge in [-0.2, -0.15) is 0 Å². The lowest BCUT2D eigenvalue weighted by Crippen LogP contribution is -2.11. The van der Waals surface area contributed by atoms with Crippen molar-refractivity contribution in [1.82, 2.24) is 9.97 Å². The third-order valence-electron chi connectivity index (χ3n) is 2.34. The number of hydrogen-bond donors (Lipinski definition) is 2. The van der Waals surface area contributed by atoms with E-state index >= 15 is 0 Å². The summed E-state index contributed by atoms with van der Waals surface area (Å²) in [6.45, 7) is 2.61. The zero-order chi connectivity index (χ0) is 12.3. The first kappa shape index (κ1) is 11.7. The van der Waals surface area contributed by atoms with E-state index in [1.807, 2.05) is 25.1 Å². The number of anilines is 1. The van der Waals surface area contributed by atoms with E-state index in [0.29, 0.717) is 12.4 Å². The number of benzene rings is 1. The molecule has 0 bridgehead atoms. The maximum atomic E-state index is 11.2. The molecule has 1 aromatic heterocycles. The van der Waals surface area contributed by atoms with Crippen LogP contribution in [0.2, 0.25) is 5.02 Å². The van der Waals surface area contributed by atoms with Crippen LogP contribution in [-0.2, 0) is 6.54 Å². The molecule has 1 heterocycles. The summed E-state index contributed by atoms with van der Waals surface area (Å²) in [5, 5.41) is 3.12. The van der Waals surface area contributed by atoms with Crippen molar-refractivity contribution < 1.29 is 0 Å². The Labute approximate surface area is 104 Å². The zero-order valence-electron chi connectivity index (χ0n) is 9.33. The fraction of sp³-hybridized carbons (Fsp3) is 0.167. The minimum atomic E-state index is -0.339. The molecule has 2 rings (SSSR count). The Balaban J connectivity index is 2.13. The van der Waals surface area contributed by atoms with Gasteiger partial charge in [0.1, 0.15) is 5.02 Å². The summed E-state index contributed by atoms with van der Waals surface area (Å²) in [4.78, 5) is 17.6. The fourth-order valence-corrected chi connectivity index (χ4v) is 1.68. The van der Waals surface area contributed by atoms with Gasteiger partial charge in [0.25, 0.3) is 5.56 Å². The fourth-order valence-electron chi connectivity index (χ4n) is 1.51. The number of nitrogens with zero attached hydrogens (tertiary/aromatic N) is 1. The smallest absolute Gasteiger partial charge is 0.271 e. The van der Waals surface area contributed by atoms with Crippen LogP contribution in [-0.4, -0.2) is 9.97 Å². The predicted octanol–water partition coefficient (Wildman–Crippen LogP) is 2.34. The monoisotopic (exact) mass is 249 g/mol. The van der Waals surface area contributed by atoms with E-state index in [-0.39, 0.29) is 10.6 Å². The van der Waals surface area contributed by atoms with Crippen molar-refractivity contribution in [1.29, 1.82) is 0 Å². The van der Waals surface area contributed by atoms with Gasteiger partial charge in [0.15, 0.2) is 5.82 Å². The summed E-state index contributed by atoms with van der Waals surface area (Å²) < 4.78 is 0. The van der Waals surface area contributed by atoms with Crippen LogP contribution in [0.4, 0.5) is 5.82 Å². The first-order chi connectivity index (χ1) is 8.16. The Bertz CT molecular complexity index is 580. The quantitative estimate of drug-likeness (QED) is 0.878. The maximum Gasteiger partial charge on any atom is 0.271 e. The Hall–Kier alpha value is -1.81. The Morgan fingerprint density at radius 2 is 2.29 bits per heavy atom. The third-order valence-corrected chi connectivity index (χ3v) is 2.69. The summed E-state index contributed by atoms with van der Waals surface area (Å²) in [6, 6.07) is 8.08. The first-order valence-electron chi connectivity index (χ1n) is 5.19. The molecule has 0 atom stereocenters. The van der Waals surface area contributed by atoms with Crippen molar-refractivity contribution in [2.24, 2.45) is 0 Å². The molecule has 4 nitrogen and oxygen atoms in total. The van der Waals surface area contributed by atoms with Gasteiger partial charge < -0.3 is 10.3 Å². The largest absolute Gasteiger partial charge is 0.365 e. The molecule has 0 aliphatic heterocycles. The SMILES string of the molecule is Cc1cccc(CNc2nc[nH]c(=O)c2Cl)c1. The number of H-pyrrole nitrogens is 1. The molecular formula is C12H12ClN3O. The highest BCUT2D eigenvalue weighted by Crippen LogP contribution is 2.13. The average molecular weight is 250 g/mol. The van der Waals surface area contributed by atoms with E-state index in [0.717, 1.165) is 5.56 Å². The standard InChI is InChI=1S/C12H12ClN3O/c1-8-3-2-4-9(5-8)6-14-11-10(13)12(17)16-7-15-11/h2-5,7H,6H2,1H3,(H2,14,15,16,17). The second-order valence-corrected chi connectivity index (χ2v) is 4.11. The topological polar surface area (TPSA) is 57.8 Å². The van der Waals surface area contributed by atoms with Crippen LogP contribution < -0.4 is 10.9 Å². The molecule has 0 saturated carbocycles. The second-order valence-electron chi connectivity index (χ2n) is 3.74. The van der Waals surface area contributed by atoms with Crippen LogP contribution in [0.5, 0.6) is 0 Å². The highest BCUT2D eigenvalue weighted by atomic mass is 35.5. The van der Waals surface area contributed by atoms with E-state index in [2.05, 4.69) is 21.4 Å². The van der Waals surface area contributed by atoms with Gasteiger partial charge in [0.05, 0.1) is 6.33 Å². The summed E-state index contributed by atoms with van der Waals surface area (Å²) in [6.07, 6.45) is 1.33. The summed E-state index contributed by atoms with van der Waals surface area (Å²) in [5.74, 6) is 0.400. The molecule has 88 valence electrons. The first-order valence-corrected chi connectivity index (χ1v) is 5.57. The Morgan fingerprint density at radius 1 is 1.47 bits per heavy atom. The number of nitrogens with one attached hydrogen (secondary N) is 2. The molecule has 0 fully saturated rings. The minimum Gasteiger partial charge on any atom is -0.365 e. The molecule has 1 aromatic carbocycles. The van der Waals surface area contributed by atoms with E-state index in [1.165, 1.54) is 11.9 Å². The molecule has 0 spiro atoms. The summed E-state index contributed by atoms with van der Waals surface area (Å²) in [7, 11) is 0. The number of halogens is 1. The maximum absolute atomic E-state index is 11.2. The predicted molar refractivity (Wildman–Crippen MR) is 68.4 cm³/mol. The van der Waals surface area contributed by atoms with Gasteiger partial charge >= 0.3 is 0 Å². The number of aromatic amines is 1. The molecular weight excluding hydrogens is 238 g/mol. The van der Waals surface area contributed by atoms with Crippen molar-refractivity contribution >= 4 is 17.4 Å². The lowest BCUT2D eigenvalue weighted by atomic mass is 10.1. The number of aromatic nitrogens is 2. The summed E-state index contributed by atoms with van der Waals surface area (Å²) in [5.41, 5.74) is 1.96. The molecule has 0 aliphatic carbocycles. The number of hydrogen-bond acceptors (Lipinski definition) is 3. The van der Waals surface area contributed by atoms with Gasteiger partial charge in [0, 0.05) is 6.54 Å². The van der Waals surface area contributed by atoms with Crippen molar-refractivity contribution in [2.75, 3.05) is 5.32 Å². The van der Waals surface area contributed by atoms with Gasteiger partial charge in [-0.15, -0.1) is 0 Å². The van der Waals surface area contributed by atoms with Gasteiger partial charge in [0.2, 0.25) is 0 Å². The lowest BCUT2D eigenvalue weighted by molar-refractivity contribution is 1.06. The van der Waals surface area contributed by atoms with Crippen molar-refractivity contribution in [3.63, 3.8) is 0 Å². The van der Waals surface area contributed by atoms with E-state index in [9.17, 15) is 4.79 Å². The van der Waals surface area contributed by atoms with Crippen LogP contribution in [0.25, 0.3) is 0 Å². The second kappa shape index (κ2) is 5.01. The normalized spacial score (nSPS) is 10.2. The molecule has 5 heteroatoms. The molecule has 0 amide bonds. The van der Waals surface area contributed by atoms with Crippen LogP contribution in [0, 0.1) is 6.92 Å². The van der Waals surface area contributed by atoms with E-state index in [4.69, 9.17) is 11.6 Å².